The van der Waals surface area contributed by atoms with Crippen LogP contribution in [-0.4, -0.2) is 61.8 Å². The van der Waals surface area contributed by atoms with Crippen molar-refractivity contribution in [2.24, 2.45) is 0 Å². The zero-order chi connectivity index (χ0) is 20.7. The highest BCUT2D eigenvalue weighted by Crippen LogP contribution is 2.41. The molecule has 1 aromatic heterocycles. The molecule has 3 aromatic rings. The Kier molecular flexibility index (Phi) is 4.67. The molecule has 154 valence electrons. The molecule has 0 aliphatic carbocycles. The molecule has 1 amide bonds. The van der Waals surface area contributed by atoms with Crippen molar-refractivity contribution in [1.29, 1.82) is 0 Å². The molecule has 5 rings (SSSR count). The number of amides is 1. The normalized spacial score (nSPS) is 18.1. The molecule has 30 heavy (non-hydrogen) atoms. The molecule has 3 heterocycles. The quantitative estimate of drug-likeness (QED) is 0.644. The highest BCUT2D eigenvalue weighted by Gasteiger charge is 2.37. The average molecular weight is 423 g/mol. The molecule has 2 aliphatic heterocycles. The number of carbonyl (C=O) groups is 1. The number of rotatable bonds is 4. The summed E-state index contributed by atoms with van der Waals surface area (Å²) in [6, 6.07) is 16.6. The van der Waals surface area contributed by atoms with E-state index in [4.69, 9.17) is 0 Å². The van der Waals surface area contributed by atoms with E-state index in [0.29, 0.717) is 24.2 Å². The Balaban J connectivity index is 1.28. The van der Waals surface area contributed by atoms with Crippen LogP contribution >= 0.6 is 0 Å². The average Bonchev–Trinajstić information content (AvgIpc) is 2.98. The third-order valence-electron chi connectivity index (χ3n) is 5.80. The van der Waals surface area contributed by atoms with Crippen LogP contribution in [0.1, 0.15) is 5.69 Å². The number of nitrogens with zero attached hydrogens (tertiary/aromatic N) is 4. The number of carbonyl (C=O) groups excluding carboxylic acids is 1. The SMILES string of the molecule is O=C(CN1c2cccc3cccc(c23)S1(=O)=O)N1CCN(Cc2ccccn2)CC1. The molecule has 0 unspecified atom stereocenters. The minimum Gasteiger partial charge on any atom is -0.339 e. The van der Waals surface area contributed by atoms with E-state index >= 15 is 0 Å². The zero-order valence-corrected chi connectivity index (χ0v) is 17.3. The summed E-state index contributed by atoms with van der Waals surface area (Å²) in [5.41, 5.74) is 1.59. The van der Waals surface area contributed by atoms with Crippen molar-refractivity contribution in [2.75, 3.05) is 37.0 Å². The van der Waals surface area contributed by atoms with Crippen molar-refractivity contribution >= 4 is 32.4 Å². The van der Waals surface area contributed by atoms with E-state index in [0.717, 1.165) is 30.7 Å². The molecule has 0 saturated carbocycles. The van der Waals surface area contributed by atoms with Gasteiger partial charge in [0.1, 0.15) is 6.54 Å². The van der Waals surface area contributed by atoms with Gasteiger partial charge in [0.05, 0.1) is 16.3 Å². The molecule has 8 heteroatoms. The van der Waals surface area contributed by atoms with Crippen molar-refractivity contribution in [3.63, 3.8) is 0 Å². The number of benzene rings is 2. The van der Waals surface area contributed by atoms with Crippen molar-refractivity contribution in [3.8, 4) is 0 Å². The summed E-state index contributed by atoms with van der Waals surface area (Å²) in [7, 11) is -3.72. The number of hydrogen-bond acceptors (Lipinski definition) is 5. The minimum atomic E-state index is -3.72. The van der Waals surface area contributed by atoms with Gasteiger partial charge in [-0.2, -0.15) is 0 Å². The second-order valence-corrected chi connectivity index (χ2v) is 9.45. The van der Waals surface area contributed by atoms with Gasteiger partial charge in [0.15, 0.2) is 0 Å². The summed E-state index contributed by atoms with van der Waals surface area (Å²) < 4.78 is 27.4. The lowest BCUT2D eigenvalue weighted by atomic mass is 10.1. The summed E-state index contributed by atoms with van der Waals surface area (Å²) in [4.78, 5) is 21.6. The highest BCUT2D eigenvalue weighted by molar-refractivity contribution is 7.93. The van der Waals surface area contributed by atoms with E-state index in [1.807, 2.05) is 36.4 Å². The summed E-state index contributed by atoms with van der Waals surface area (Å²) >= 11 is 0. The third-order valence-corrected chi connectivity index (χ3v) is 7.60. The zero-order valence-electron chi connectivity index (χ0n) is 16.4. The maximum Gasteiger partial charge on any atom is 0.265 e. The van der Waals surface area contributed by atoms with E-state index < -0.39 is 10.0 Å². The monoisotopic (exact) mass is 422 g/mol. The molecular weight excluding hydrogens is 400 g/mol. The smallest absolute Gasteiger partial charge is 0.265 e. The lowest BCUT2D eigenvalue weighted by Gasteiger charge is -2.35. The number of piperazine rings is 1. The molecule has 0 spiro atoms. The number of anilines is 1. The van der Waals surface area contributed by atoms with Crippen LogP contribution in [-0.2, 0) is 21.4 Å². The van der Waals surface area contributed by atoms with Gasteiger partial charge in [-0.1, -0.05) is 30.3 Å². The van der Waals surface area contributed by atoms with Crippen LogP contribution in [0.5, 0.6) is 0 Å². The summed E-state index contributed by atoms with van der Waals surface area (Å²) in [5.74, 6) is -0.166. The predicted octanol–water partition coefficient (Wildman–Crippen LogP) is 2.09. The summed E-state index contributed by atoms with van der Waals surface area (Å²) in [5, 5.41) is 1.57. The van der Waals surface area contributed by atoms with Crippen LogP contribution in [0.15, 0.2) is 65.7 Å². The predicted molar refractivity (Wildman–Crippen MR) is 115 cm³/mol. The van der Waals surface area contributed by atoms with Crippen LogP contribution in [0, 0.1) is 0 Å². The second kappa shape index (κ2) is 7.37. The third kappa shape index (κ3) is 3.22. The van der Waals surface area contributed by atoms with E-state index in [1.165, 1.54) is 4.31 Å². The first-order valence-electron chi connectivity index (χ1n) is 9.98. The maximum absolute atomic E-state index is 13.1. The van der Waals surface area contributed by atoms with Gasteiger partial charge in [0, 0.05) is 44.3 Å². The topological polar surface area (TPSA) is 73.8 Å². The fourth-order valence-electron chi connectivity index (χ4n) is 4.23. The van der Waals surface area contributed by atoms with Gasteiger partial charge < -0.3 is 4.90 Å². The molecule has 2 aliphatic rings. The van der Waals surface area contributed by atoms with Crippen molar-refractivity contribution in [2.45, 2.75) is 11.4 Å². The Labute approximate surface area is 175 Å². The van der Waals surface area contributed by atoms with Gasteiger partial charge in [-0.05, 0) is 29.7 Å². The van der Waals surface area contributed by atoms with E-state index in [9.17, 15) is 13.2 Å². The summed E-state index contributed by atoms with van der Waals surface area (Å²) in [6.45, 7) is 3.22. The summed E-state index contributed by atoms with van der Waals surface area (Å²) in [6.07, 6.45) is 1.78. The fourth-order valence-corrected chi connectivity index (χ4v) is 5.89. The van der Waals surface area contributed by atoms with E-state index in [-0.39, 0.29) is 17.3 Å². The number of hydrogen-bond donors (Lipinski definition) is 0. The molecule has 1 saturated heterocycles. The molecule has 7 nitrogen and oxygen atoms in total. The van der Waals surface area contributed by atoms with Crippen LogP contribution < -0.4 is 4.31 Å². The molecule has 0 bridgehead atoms. The standard InChI is InChI=1S/C22H22N4O3S/c27-21(25-13-11-24(12-14-25)15-18-7-1-2-10-23-18)16-26-19-8-3-5-17-6-4-9-20(22(17)19)30(26,28)29/h1-10H,11-16H2. The lowest BCUT2D eigenvalue weighted by molar-refractivity contribution is -0.131. The van der Waals surface area contributed by atoms with Crippen molar-refractivity contribution in [1.82, 2.24) is 14.8 Å². The van der Waals surface area contributed by atoms with Gasteiger partial charge in [-0.15, -0.1) is 0 Å². The minimum absolute atomic E-state index is 0.166. The van der Waals surface area contributed by atoms with Crippen LogP contribution in [0.25, 0.3) is 10.8 Å². The molecular formula is C22H22N4O3S. The number of sulfonamides is 1. The highest BCUT2D eigenvalue weighted by atomic mass is 32.2. The second-order valence-electron chi connectivity index (χ2n) is 7.62. The number of pyridine rings is 1. The first kappa shape index (κ1) is 19.0. The maximum atomic E-state index is 13.1. The van der Waals surface area contributed by atoms with Crippen LogP contribution in [0.4, 0.5) is 5.69 Å². The van der Waals surface area contributed by atoms with Crippen molar-refractivity contribution < 1.29 is 13.2 Å². The molecule has 0 N–H and O–H groups in total. The van der Waals surface area contributed by atoms with Gasteiger partial charge in [-0.3, -0.25) is 19.0 Å². The molecule has 0 radical (unpaired) electrons. The molecule has 2 aromatic carbocycles. The van der Waals surface area contributed by atoms with Crippen molar-refractivity contribution in [3.05, 3.63) is 66.5 Å². The Morgan fingerprint density at radius 2 is 1.70 bits per heavy atom. The number of aromatic nitrogens is 1. The van der Waals surface area contributed by atoms with Crippen LogP contribution in [0.2, 0.25) is 0 Å². The van der Waals surface area contributed by atoms with Gasteiger partial charge in [0.2, 0.25) is 5.91 Å². The molecule has 1 fully saturated rings. The van der Waals surface area contributed by atoms with Gasteiger partial charge >= 0.3 is 0 Å². The fraction of sp³-hybridized carbons (Fsp3) is 0.273. The first-order valence-corrected chi connectivity index (χ1v) is 11.4. The van der Waals surface area contributed by atoms with Gasteiger partial charge in [-0.25, -0.2) is 8.42 Å². The van der Waals surface area contributed by atoms with E-state index in [2.05, 4.69) is 9.88 Å². The molecule has 0 atom stereocenters. The van der Waals surface area contributed by atoms with Gasteiger partial charge in [0.25, 0.3) is 10.0 Å². The Morgan fingerprint density at radius 3 is 2.43 bits per heavy atom. The lowest BCUT2D eigenvalue weighted by Crippen LogP contribution is -2.51. The Bertz CT molecular complexity index is 1200. The Hall–Kier alpha value is -2.97. The largest absolute Gasteiger partial charge is 0.339 e. The van der Waals surface area contributed by atoms with Crippen LogP contribution in [0.3, 0.4) is 0 Å². The first-order chi connectivity index (χ1) is 14.5. The Morgan fingerprint density at radius 1 is 0.933 bits per heavy atom. The van der Waals surface area contributed by atoms with E-state index in [1.54, 1.807) is 29.3 Å².